The van der Waals surface area contributed by atoms with Gasteiger partial charge in [-0.05, 0) is 60.8 Å². The molecule has 1 aromatic heterocycles. The normalized spacial score (nSPS) is 23.9. The third-order valence-corrected chi connectivity index (χ3v) is 4.84. The molecule has 1 atom stereocenters. The first-order valence-electron chi connectivity index (χ1n) is 5.88. The summed E-state index contributed by atoms with van der Waals surface area (Å²) in [6.45, 7) is 3.64. The Hall–Kier alpha value is -0.390. The maximum Gasteiger partial charge on any atom is 0.240 e. The molecule has 17 heavy (non-hydrogen) atoms. The molecule has 0 bridgehead atoms. The number of carbonyl (C=O) groups excluding carboxylic acids is 1. The molecule has 0 aromatic carbocycles. The Morgan fingerprint density at radius 3 is 3.06 bits per heavy atom. The van der Waals surface area contributed by atoms with Crippen molar-refractivity contribution in [1.29, 1.82) is 0 Å². The van der Waals surface area contributed by atoms with Crippen LogP contribution in [0.15, 0.2) is 15.9 Å². The number of nitrogens with one attached hydrogen (secondary N) is 2. The number of carbonyl (C=O) groups is 1. The van der Waals surface area contributed by atoms with E-state index >= 15 is 0 Å². The third-order valence-electron chi connectivity index (χ3n) is 3.16. The van der Waals surface area contributed by atoms with Gasteiger partial charge in [0.1, 0.15) is 0 Å². The van der Waals surface area contributed by atoms with Crippen molar-refractivity contribution >= 4 is 33.2 Å². The van der Waals surface area contributed by atoms with E-state index in [9.17, 15) is 4.79 Å². The highest BCUT2D eigenvalue weighted by atomic mass is 79.9. The SMILES string of the molecule is CC1(C(=O)NCCc2ccc(Br)s2)CCCN1. The monoisotopic (exact) mass is 316 g/mol. The van der Waals surface area contributed by atoms with E-state index in [1.165, 1.54) is 4.88 Å². The van der Waals surface area contributed by atoms with Crippen LogP contribution in [0.4, 0.5) is 0 Å². The van der Waals surface area contributed by atoms with Gasteiger partial charge < -0.3 is 10.6 Å². The van der Waals surface area contributed by atoms with E-state index in [1.54, 1.807) is 11.3 Å². The number of thiophene rings is 1. The molecule has 94 valence electrons. The second kappa shape index (κ2) is 5.50. The number of hydrogen-bond acceptors (Lipinski definition) is 3. The van der Waals surface area contributed by atoms with E-state index in [0.717, 1.165) is 29.6 Å². The first kappa shape index (κ1) is 13.1. The molecule has 1 saturated heterocycles. The molecule has 2 N–H and O–H groups in total. The molecule has 1 aliphatic heterocycles. The molecule has 1 unspecified atom stereocenters. The van der Waals surface area contributed by atoms with Crippen LogP contribution in [0.2, 0.25) is 0 Å². The van der Waals surface area contributed by atoms with Crippen LogP contribution < -0.4 is 10.6 Å². The Balaban J connectivity index is 1.77. The molecule has 1 aliphatic rings. The first-order valence-corrected chi connectivity index (χ1v) is 7.49. The lowest BCUT2D eigenvalue weighted by molar-refractivity contribution is -0.126. The van der Waals surface area contributed by atoms with Crippen LogP contribution in [0, 0.1) is 0 Å². The molecule has 2 rings (SSSR count). The molecule has 1 fully saturated rings. The van der Waals surface area contributed by atoms with Crippen LogP contribution in [0.25, 0.3) is 0 Å². The number of hydrogen-bond donors (Lipinski definition) is 2. The second-order valence-electron chi connectivity index (χ2n) is 4.57. The Morgan fingerprint density at radius 1 is 1.65 bits per heavy atom. The fourth-order valence-electron chi connectivity index (χ4n) is 2.07. The van der Waals surface area contributed by atoms with Crippen molar-refractivity contribution in [2.24, 2.45) is 0 Å². The molecule has 0 spiro atoms. The van der Waals surface area contributed by atoms with Gasteiger partial charge in [-0.3, -0.25) is 4.79 Å². The third kappa shape index (κ3) is 3.30. The standard InChI is InChI=1S/C12H17BrN2OS/c1-12(6-2-7-15-12)11(16)14-8-5-9-3-4-10(13)17-9/h3-4,15H,2,5-8H2,1H3,(H,14,16). The maximum absolute atomic E-state index is 12.0. The number of halogens is 1. The maximum atomic E-state index is 12.0. The zero-order chi connectivity index (χ0) is 12.3. The Bertz CT molecular complexity index is 399. The summed E-state index contributed by atoms with van der Waals surface area (Å²) in [4.78, 5) is 13.3. The van der Waals surface area contributed by atoms with Crippen molar-refractivity contribution in [2.45, 2.75) is 31.7 Å². The molecule has 1 aromatic rings. The van der Waals surface area contributed by atoms with Gasteiger partial charge in [0.25, 0.3) is 0 Å². The van der Waals surface area contributed by atoms with Crippen LogP contribution in [-0.4, -0.2) is 24.5 Å². The second-order valence-corrected chi connectivity index (χ2v) is 7.12. The summed E-state index contributed by atoms with van der Waals surface area (Å²) in [5.41, 5.74) is -0.351. The lowest BCUT2D eigenvalue weighted by Crippen LogP contribution is -2.51. The minimum atomic E-state index is -0.351. The first-order chi connectivity index (χ1) is 8.10. The highest BCUT2D eigenvalue weighted by Gasteiger charge is 2.35. The van der Waals surface area contributed by atoms with Gasteiger partial charge in [-0.1, -0.05) is 0 Å². The Labute approximate surface area is 114 Å². The topological polar surface area (TPSA) is 41.1 Å². The summed E-state index contributed by atoms with van der Waals surface area (Å²) >= 11 is 5.16. The molecule has 0 saturated carbocycles. The lowest BCUT2D eigenvalue weighted by atomic mass is 9.99. The zero-order valence-corrected chi connectivity index (χ0v) is 12.3. The molecular formula is C12H17BrN2OS. The molecule has 2 heterocycles. The van der Waals surface area contributed by atoms with E-state index in [1.807, 2.05) is 13.0 Å². The largest absolute Gasteiger partial charge is 0.354 e. The summed E-state index contributed by atoms with van der Waals surface area (Å²) in [5.74, 6) is 0.130. The van der Waals surface area contributed by atoms with Crippen molar-refractivity contribution in [3.63, 3.8) is 0 Å². The highest BCUT2D eigenvalue weighted by Crippen LogP contribution is 2.22. The van der Waals surface area contributed by atoms with Crippen LogP contribution in [0.1, 0.15) is 24.6 Å². The van der Waals surface area contributed by atoms with Gasteiger partial charge in [-0.2, -0.15) is 0 Å². The smallest absolute Gasteiger partial charge is 0.240 e. The summed E-state index contributed by atoms with van der Waals surface area (Å²) in [7, 11) is 0. The lowest BCUT2D eigenvalue weighted by Gasteiger charge is -2.22. The van der Waals surface area contributed by atoms with Crippen molar-refractivity contribution < 1.29 is 4.79 Å². The average Bonchev–Trinajstić information content (AvgIpc) is 2.89. The Kier molecular flexibility index (Phi) is 4.22. The van der Waals surface area contributed by atoms with Gasteiger partial charge in [0, 0.05) is 11.4 Å². The van der Waals surface area contributed by atoms with Crippen LogP contribution in [0.3, 0.4) is 0 Å². The van der Waals surface area contributed by atoms with Gasteiger partial charge in [0.2, 0.25) is 5.91 Å². The van der Waals surface area contributed by atoms with Gasteiger partial charge >= 0.3 is 0 Å². The quantitative estimate of drug-likeness (QED) is 0.895. The minimum absolute atomic E-state index is 0.130. The summed E-state index contributed by atoms with van der Waals surface area (Å²) in [5, 5.41) is 6.28. The van der Waals surface area contributed by atoms with E-state index in [2.05, 4.69) is 32.6 Å². The van der Waals surface area contributed by atoms with Gasteiger partial charge in [-0.15, -0.1) is 11.3 Å². The van der Waals surface area contributed by atoms with Gasteiger partial charge in [-0.25, -0.2) is 0 Å². The van der Waals surface area contributed by atoms with Crippen molar-refractivity contribution in [3.8, 4) is 0 Å². The predicted molar refractivity (Wildman–Crippen MR) is 74.4 cm³/mol. The molecule has 5 heteroatoms. The fraction of sp³-hybridized carbons (Fsp3) is 0.583. The summed E-state index contributed by atoms with van der Waals surface area (Å²) in [6.07, 6.45) is 2.92. The summed E-state index contributed by atoms with van der Waals surface area (Å²) < 4.78 is 1.14. The van der Waals surface area contributed by atoms with Crippen molar-refractivity contribution in [3.05, 3.63) is 20.8 Å². The van der Waals surface area contributed by atoms with E-state index in [0.29, 0.717) is 6.54 Å². The average molecular weight is 317 g/mol. The highest BCUT2D eigenvalue weighted by molar-refractivity contribution is 9.11. The summed E-state index contributed by atoms with van der Waals surface area (Å²) in [6, 6.07) is 4.14. The predicted octanol–water partition coefficient (Wildman–Crippen LogP) is 2.31. The van der Waals surface area contributed by atoms with Crippen LogP contribution in [0.5, 0.6) is 0 Å². The fourth-order valence-corrected chi connectivity index (χ4v) is 3.55. The molecular weight excluding hydrogens is 300 g/mol. The van der Waals surface area contributed by atoms with Crippen molar-refractivity contribution in [2.75, 3.05) is 13.1 Å². The van der Waals surface area contributed by atoms with E-state index in [-0.39, 0.29) is 11.4 Å². The van der Waals surface area contributed by atoms with Gasteiger partial charge in [0.15, 0.2) is 0 Å². The van der Waals surface area contributed by atoms with Gasteiger partial charge in [0.05, 0.1) is 9.33 Å². The number of rotatable bonds is 4. The van der Waals surface area contributed by atoms with Crippen molar-refractivity contribution in [1.82, 2.24) is 10.6 Å². The minimum Gasteiger partial charge on any atom is -0.354 e. The Morgan fingerprint density at radius 2 is 2.47 bits per heavy atom. The zero-order valence-electron chi connectivity index (χ0n) is 9.88. The van der Waals surface area contributed by atoms with Crippen LogP contribution in [-0.2, 0) is 11.2 Å². The number of amides is 1. The molecule has 0 aliphatic carbocycles. The van der Waals surface area contributed by atoms with E-state index < -0.39 is 0 Å². The molecule has 3 nitrogen and oxygen atoms in total. The molecule has 1 amide bonds. The van der Waals surface area contributed by atoms with E-state index in [4.69, 9.17) is 0 Å². The van der Waals surface area contributed by atoms with Crippen LogP contribution >= 0.6 is 27.3 Å². The molecule has 0 radical (unpaired) electrons.